The van der Waals surface area contributed by atoms with Crippen molar-refractivity contribution < 1.29 is 42.9 Å². The number of hydrogen-bond acceptors (Lipinski definition) is 11. The Kier molecular flexibility index (Phi) is 33.4. The number of unbranched alkanes of at least 4 members (excludes halogenated alkanes) is 10. The first-order valence-electron chi connectivity index (χ1n) is 22.7. The first kappa shape index (κ1) is 54.2. The highest BCUT2D eigenvalue weighted by Crippen LogP contribution is 2.30. The Morgan fingerprint density at radius 2 is 0.867 bits per heavy atom. The molecule has 0 bridgehead atoms. The van der Waals surface area contributed by atoms with Crippen LogP contribution in [0.5, 0.6) is 0 Å². The Bertz CT molecular complexity index is 1330. The maximum atomic E-state index is 13.2. The summed E-state index contributed by atoms with van der Waals surface area (Å²) in [5, 5.41) is 0. The third-order valence-electron chi connectivity index (χ3n) is 9.41. The van der Waals surface area contributed by atoms with Crippen molar-refractivity contribution in [3.63, 3.8) is 0 Å². The highest BCUT2D eigenvalue weighted by atomic mass is 16.8. The van der Waals surface area contributed by atoms with Crippen molar-refractivity contribution in [3.8, 4) is 0 Å². The SMILES string of the molecule is CC/C=C\C/C=C\C/C=C\CCCCCCCC(=O)OC1[C@H](OC(=O)CN(C)C)O[C@H](COC(=O)CN(C)C)[C@@H]1OC(=O)CCCCCCC/C=C\C/C=C\C/C=C\CC. The molecule has 0 aromatic rings. The fraction of sp³-hybridized carbons (Fsp3) is 0.673. The minimum Gasteiger partial charge on any atom is -0.462 e. The van der Waals surface area contributed by atoms with Gasteiger partial charge in [-0.15, -0.1) is 0 Å². The monoisotopic (exact) mass is 841 g/mol. The summed E-state index contributed by atoms with van der Waals surface area (Å²) >= 11 is 0. The molecule has 11 nitrogen and oxygen atoms in total. The third-order valence-corrected chi connectivity index (χ3v) is 9.41. The highest BCUT2D eigenvalue weighted by molar-refractivity contribution is 5.73. The smallest absolute Gasteiger partial charge is 0.322 e. The van der Waals surface area contributed by atoms with Gasteiger partial charge in [0.15, 0.2) is 6.10 Å². The van der Waals surface area contributed by atoms with Gasteiger partial charge in [-0.25, -0.2) is 0 Å². The van der Waals surface area contributed by atoms with Crippen molar-refractivity contribution in [1.82, 2.24) is 9.80 Å². The highest BCUT2D eigenvalue weighted by Gasteiger charge is 2.52. The van der Waals surface area contributed by atoms with E-state index in [0.717, 1.165) is 103 Å². The largest absolute Gasteiger partial charge is 0.462 e. The Morgan fingerprint density at radius 3 is 1.33 bits per heavy atom. The molecule has 0 spiro atoms. The van der Waals surface area contributed by atoms with Gasteiger partial charge in [0.05, 0.1) is 13.1 Å². The van der Waals surface area contributed by atoms with E-state index >= 15 is 0 Å². The molecule has 1 rings (SSSR count). The first-order chi connectivity index (χ1) is 29.1. The van der Waals surface area contributed by atoms with Crippen molar-refractivity contribution in [2.75, 3.05) is 47.9 Å². The lowest BCUT2D eigenvalue weighted by molar-refractivity contribution is -0.200. The maximum Gasteiger partial charge on any atom is 0.322 e. The molecular weight excluding hydrogens is 761 g/mol. The molecule has 0 saturated carbocycles. The van der Waals surface area contributed by atoms with Crippen LogP contribution in [0.3, 0.4) is 0 Å². The van der Waals surface area contributed by atoms with Crippen LogP contribution in [0.25, 0.3) is 0 Å². The molecule has 1 unspecified atom stereocenters. The third kappa shape index (κ3) is 30.3. The van der Waals surface area contributed by atoms with E-state index < -0.39 is 48.5 Å². The van der Waals surface area contributed by atoms with E-state index in [0.29, 0.717) is 12.8 Å². The quantitative estimate of drug-likeness (QED) is 0.0262. The fourth-order valence-corrected chi connectivity index (χ4v) is 6.29. The van der Waals surface area contributed by atoms with E-state index in [-0.39, 0.29) is 32.5 Å². The number of carbonyl (C=O) groups is 4. The van der Waals surface area contributed by atoms with E-state index in [1.165, 1.54) is 0 Å². The molecule has 0 radical (unpaired) electrons. The number of likely N-dealkylation sites (N-methyl/N-ethyl adjacent to an activating group) is 2. The lowest BCUT2D eigenvalue weighted by Gasteiger charge is -2.24. The number of ether oxygens (including phenoxy) is 5. The van der Waals surface area contributed by atoms with E-state index in [1.54, 1.807) is 38.0 Å². The van der Waals surface area contributed by atoms with Gasteiger partial charge in [0, 0.05) is 12.8 Å². The lowest BCUT2D eigenvalue weighted by atomic mass is 10.1. The number of hydrogen-bond donors (Lipinski definition) is 0. The topological polar surface area (TPSA) is 121 Å². The van der Waals surface area contributed by atoms with Crippen molar-refractivity contribution in [2.24, 2.45) is 0 Å². The van der Waals surface area contributed by atoms with E-state index in [9.17, 15) is 19.2 Å². The maximum absolute atomic E-state index is 13.2. The van der Waals surface area contributed by atoms with Gasteiger partial charge in [0.25, 0.3) is 0 Å². The van der Waals surface area contributed by atoms with Crippen LogP contribution in [0.2, 0.25) is 0 Å². The van der Waals surface area contributed by atoms with Crippen LogP contribution < -0.4 is 0 Å². The van der Waals surface area contributed by atoms with Crippen molar-refractivity contribution in [1.29, 1.82) is 0 Å². The second-order valence-electron chi connectivity index (χ2n) is 15.8. The van der Waals surface area contributed by atoms with Crippen LogP contribution >= 0.6 is 0 Å². The summed E-state index contributed by atoms with van der Waals surface area (Å²) in [4.78, 5) is 54.9. The second-order valence-corrected chi connectivity index (χ2v) is 15.8. The number of rotatable bonds is 35. The van der Waals surface area contributed by atoms with E-state index in [2.05, 4.69) is 86.8 Å². The Morgan fingerprint density at radius 1 is 0.467 bits per heavy atom. The molecule has 1 aliphatic heterocycles. The molecule has 0 N–H and O–H groups in total. The summed E-state index contributed by atoms with van der Waals surface area (Å²) < 4.78 is 28.9. The van der Waals surface area contributed by atoms with Crippen LogP contribution in [0.1, 0.15) is 142 Å². The summed E-state index contributed by atoms with van der Waals surface area (Å²) in [7, 11) is 6.93. The molecule has 1 aliphatic rings. The van der Waals surface area contributed by atoms with Gasteiger partial charge < -0.3 is 23.7 Å². The molecule has 60 heavy (non-hydrogen) atoms. The zero-order valence-corrected chi connectivity index (χ0v) is 38.1. The van der Waals surface area contributed by atoms with Crippen LogP contribution in [0.15, 0.2) is 72.9 Å². The van der Waals surface area contributed by atoms with Crippen LogP contribution in [0.4, 0.5) is 0 Å². The minimum absolute atomic E-state index is 0.0351. The summed E-state index contributed by atoms with van der Waals surface area (Å²) in [6.07, 6.45) is 39.3. The minimum atomic E-state index is -1.34. The van der Waals surface area contributed by atoms with Crippen molar-refractivity contribution >= 4 is 23.9 Å². The summed E-state index contributed by atoms with van der Waals surface area (Å²) in [5.41, 5.74) is 0. The zero-order valence-electron chi connectivity index (χ0n) is 38.1. The van der Waals surface area contributed by atoms with Gasteiger partial charge in [-0.2, -0.15) is 0 Å². The number of nitrogens with zero attached hydrogens (tertiary/aromatic N) is 2. The molecule has 1 saturated heterocycles. The molecule has 340 valence electrons. The van der Waals surface area contributed by atoms with Gasteiger partial charge in [0.2, 0.25) is 12.4 Å². The Labute approximate surface area is 363 Å². The normalized spacial score (nSPS) is 18.5. The predicted molar refractivity (Wildman–Crippen MR) is 241 cm³/mol. The molecule has 0 aliphatic carbocycles. The molecule has 4 atom stereocenters. The van der Waals surface area contributed by atoms with Crippen molar-refractivity contribution in [3.05, 3.63) is 72.9 Å². The zero-order chi connectivity index (χ0) is 44.1. The first-order valence-corrected chi connectivity index (χ1v) is 22.7. The standard InChI is InChI=1S/C49H80N2O9/c1-7-9-11-13-15-17-19-21-23-25-27-29-31-33-35-37-43(52)58-47-42(41-56-45(54)39-50(3)4)57-49(60-46(55)40-51(5)6)48(47)59-44(53)38-36-34-32-30-28-26-24-22-20-18-16-14-12-10-8-2/h9-12,15-18,21-24,42,47-49H,7-8,13-14,19-20,25-41H2,1-6H3/b11-9-,12-10-,17-15-,18-16-,23-21-,24-22-/t42-,47+,48?,49+/m1/s1. The van der Waals surface area contributed by atoms with E-state index in [4.69, 9.17) is 23.7 Å². The van der Waals surface area contributed by atoms with Gasteiger partial charge in [0.1, 0.15) is 12.7 Å². The Hall–Kier alpha value is -3.80. The fourth-order valence-electron chi connectivity index (χ4n) is 6.29. The molecule has 0 aromatic carbocycles. The number of esters is 4. The summed E-state index contributed by atoms with van der Waals surface area (Å²) in [5.74, 6) is -2.09. The van der Waals surface area contributed by atoms with Crippen molar-refractivity contribution in [2.45, 2.75) is 167 Å². The Balaban J connectivity index is 2.72. The summed E-state index contributed by atoms with van der Waals surface area (Å²) in [6.45, 7) is 3.99. The average Bonchev–Trinajstić information content (AvgIpc) is 3.50. The lowest BCUT2D eigenvalue weighted by Crippen LogP contribution is -2.43. The van der Waals surface area contributed by atoms with Gasteiger partial charge >= 0.3 is 23.9 Å². The molecule has 1 fully saturated rings. The number of allylic oxidation sites excluding steroid dienone is 12. The molecule has 1 heterocycles. The molecule has 0 aromatic heterocycles. The van der Waals surface area contributed by atoms with E-state index in [1.807, 2.05) is 0 Å². The predicted octanol–water partition coefficient (Wildman–Crippen LogP) is 9.92. The summed E-state index contributed by atoms with van der Waals surface area (Å²) in [6, 6.07) is 0. The second kappa shape index (κ2) is 37.0. The van der Waals surface area contributed by atoms with Crippen LogP contribution in [-0.2, 0) is 42.9 Å². The van der Waals surface area contributed by atoms with Crippen LogP contribution in [-0.4, -0.2) is 106 Å². The van der Waals surface area contributed by atoms with Crippen LogP contribution in [0, 0.1) is 0 Å². The van der Waals surface area contributed by atoms with Gasteiger partial charge in [-0.3, -0.25) is 29.0 Å². The van der Waals surface area contributed by atoms with Gasteiger partial charge in [-0.05, 0) is 105 Å². The van der Waals surface area contributed by atoms with Gasteiger partial charge in [-0.1, -0.05) is 125 Å². The molecule has 0 amide bonds. The molecule has 11 heteroatoms. The molecular formula is C49H80N2O9. The average molecular weight is 841 g/mol. The number of carbonyl (C=O) groups excluding carboxylic acids is 4.